The molecule has 0 spiro atoms. The van der Waals surface area contributed by atoms with Crippen molar-refractivity contribution in [3.05, 3.63) is 0 Å². The van der Waals surface area contributed by atoms with E-state index in [1.54, 1.807) is 0 Å². The maximum absolute atomic E-state index is 12.9. The first-order valence-electron chi connectivity index (χ1n) is 12.7. The Kier molecular flexibility index (Phi) is 8.22. The summed E-state index contributed by atoms with van der Waals surface area (Å²) in [5.41, 5.74) is -0.890. The van der Waals surface area contributed by atoms with Crippen LogP contribution in [0.5, 0.6) is 0 Å². The van der Waals surface area contributed by atoms with E-state index < -0.39 is 5.41 Å². The van der Waals surface area contributed by atoms with E-state index in [1.807, 2.05) is 6.92 Å². The van der Waals surface area contributed by atoms with Gasteiger partial charge in [0, 0.05) is 6.42 Å². The topological polar surface area (TPSA) is 43.4 Å². The van der Waals surface area contributed by atoms with Gasteiger partial charge in [-0.1, -0.05) is 39.5 Å². The zero-order valence-corrected chi connectivity index (χ0v) is 19.2. The van der Waals surface area contributed by atoms with Crippen LogP contribution in [-0.4, -0.2) is 18.4 Å². The highest BCUT2D eigenvalue weighted by atomic mass is 16.5. The number of Topliss-reactive ketones (excluding diaryl/α,β-unsaturated/α-hetero) is 1. The monoisotopic (exact) mass is 404 g/mol. The SMILES string of the molecule is CCCCOC(=O)[C@@]1(C)CC[C@@H](C2CCC(C3CCC(CC)CC3)CC2)CC1=O. The third-order valence-electron chi connectivity index (χ3n) is 8.88. The lowest BCUT2D eigenvalue weighted by atomic mass is 9.62. The lowest BCUT2D eigenvalue weighted by molar-refractivity contribution is -0.162. The number of rotatable bonds is 7. The van der Waals surface area contributed by atoms with Crippen LogP contribution in [0.25, 0.3) is 0 Å². The predicted molar refractivity (Wildman–Crippen MR) is 118 cm³/mol. The second-order valence-electron chi connectivity index (χ2n) is 10.6. The van der Waals surface area contributed by atoms with Crippen LogP contribution < -0.4 is 0 Å². The Morgan fingerprint density at radius 3 is 1.97 bits per heavy atom. The first-order chi connectivity index (χ1) is 14.0. The van der Waals surface area contributed by atoms with Crippen molar-refractivity contribution in [3.8, 4) is 0 Å². The van der Waals surface area contributed by atoms with Gasteiger partial charge in [-0.3, -0.25) is 9.59 Å². The summed E-state index contributed by atoms with van der Waals surface area (Å²) in [5.74, 6) is 3.93. The van der Waals surface area contributed by atoms with Crippen LogP contribution >= 0.6 is 0 Å². The molecule has 3 fully saturated rings. The highest BCUT2D eigenvalue weighted by molar-refractivity contribution is 6.04. The number of hydrogen-bond acceptors (Lipinski definition) is 3. The summed E-state index contributed by atoms with van der Waals surface area (Å²) in [4.78, 5) is 25.4. The molecule has 3 rings (SSSR count). The fourth-order valence-electron chi connectivity index (χ4n) is 6.42. The van der Waals surface area contributed by atoms with Crippen LogP contribution in [-0.2, 0) is 14.3 Å². The van der Waals surface area contributed by atoms with Gasteiger partial charge < -0.3 is 4.74 Å². The minimum absolute atomic E-state index is 0.134. The van der Waals surface area contributed by atoms with Crippen molar-refractivity contribution in [2.45, 2.75) is 111 Å². The Morgan fingerprint density at radius 2 is 1.45 bits per heavy atom. The first kappa shape index (κ1) is 22.8. The quantitative estimate of drug-likeness (QED) is 0.268. The Labute approximate surface area is 178 Å². The lowest BCUT2D eigenvalue weighted by Crippen LogP contribution is -2.44. The zero-order valence-electron chi connectivity index (χ0n) is 19.2. The van der Waals surface area contributed by atoms with E-state index in [9.17, 15) is 9.59 Å². The van der Waals surface area contributed by atoms with Crippen LogP contribution in [0.1, 0.15) is 111 Å². The van der Waals surface area contributed by atoms with Crippen molar-refractivity contribution in [2.24, 2.45) is 35.0 Å². The number of ketones is 1. The Hall–Kier alpha value is -0.860. The molecular weight excluding hydrogens is 360 g/mol. The standard InChI is InChI=1S/C26H44O3/c1-4-6-17-29-25(28)26(3)16-15-23(18-24(26)27)22-13-11-21(12-14-22)20-9-7-19(5-2)8-10-20/h19-23H,4-18H2,1-3H3/t19?,20?,21?,22?,23-,26+/m1/s1. The third kappa shape index (κ3) is 5.44. The van der Waals surface area contributed by atoms with Crippen LogP contribution in [0.15, 0.2) is 0 Å². The summed E-state index contributed by atoms with van der Waals surface area (Å²) < 4.78 is 5.41. The molecule has 3 aliphatic carbocycles. The average molecular weight is 405 g/mol. The molecule has 3 aliphatic rings. The van der Waals surface area contributed by atoms with Crippen molar-refractivity contribution < 1.29 is 14.3 Å². The number of carbonyl (C=O) groups excluding carboxylic acids is 2. The molecule has 0 aromatic heterocycles. The van der Waals surface area contributed by atoms with Gasteiger partial charge in [-0.05, 0) is 94.3 Å². The molecule has 0 radical (unpaired) electrons. The summed E-state index contributed by atoms with van der Waals surface area (Å²) in [6, 6.07) is 0. The van der Waals surface area contributed by atoms with E-state index in [0.717, 1.165) is 37.0 Å². The molecule has 29 heavy (non-hydrogen) atoms. The number of carbonyl (C=O) groups is 2. The summed E-state index contributed by atoms with van der Waals surface area (Å²) in [7, 11) is 0. The minimum atomic E-state index is -0.890. The van der Waals surface area contributed by atoms with Gasteiger partial charge in [-0.15, -0.1) is 0 Å². The fourth-order valence-corrected chi connectivity index (χ4v) is 6.42. The normalized spacial score (nSPS) is 38.6. The molecule has 2 atom stereocenters. The van der Waals surface area contributed by atoms with Gasteiger partial charge in [0.25, 0.3) is 0 Å². The Bertz CT molecular complexity index is 540. The van der Waals surface area contributed by atoms with E-state index in [1.165, 1.54) is 57.8 Å². The molecule has 0 N–H and O–H groups in total. The number of unbranched alkanes of at least 4 members (excludes halogenated alkanes) is 1. The van der Waals surface area contributed by atoms with Gasteiger partial charge in [0.05, 0.1) is 6.61 Å². The molecular formula is C26H44O3. The third-order valence-corrected chi connectivity index (χ3v) is 8.88. The molecule has 0 aliphatic heterocycles. The van der Waals surface area contributed by atoms with Gasteiger partial charge >= 0.3 is 5.97 Å². The summed E-state index contributed by atoms with van der Waals surface area (Å²) in [6.45, 7) is 6.70. The molecule has 0 heterocycles. The molecule has 0 aromatic rings. The second kappa shape index (κ2) is 10.4. The van der Waals surface area contributed by atoms with E-state index in [2.05, 4.69) is 13.8 Å². The maximum atomic E-state index is 12.9. The highest BCUT2D eigenvalue weighted by Crippen LogP contribution is 2.47. The first-order valence-corrected chi connectivity index (χ1v) is 12.7. The van der Waals surface area contributed by atoms with Crippen LogP contribution in [0.3, 0.4) is 0 Å². The molecule has 3 nitrogen and oxygen atoms in total. The smallest absolute Gasteiger partial charge is 0.319 e. The van der Waals surface area contributed by atoms with E-state index in [0.29, 0.717) is 31.3 Å². The van der Waals surface area contributed by atoms with Gasteiger partial charge in [0.1, 0.15) is 11.2 Å². The zero-order chi connectivity index (χ0) is 20.9. The summed E-state index contributed by atoms with van der Waals surface area (Å²) >= 11 is 0. The van der Waals surface area contributed by atoms with E-state index in [4.69, 9.17) is 4.74 Å². The maximum Gasteiger partial charge on any atom is 0.319 e. The average Bonchev–Trinajstić information content (AvgIpc) is 2.76. The van der Waals surface area contributed by atoms with Gasteiger partial charge in [-0.2, -0.15) is 0 Å². The molecule has 3 heteroatoms. The molecule has 166 valence electrons. The molecule has 0 aromatic carbocycles. The lowest BCUT2D eigenvalue weighted by Gasteiger charge is -2.42. The predicted octanol–water partition coefficient (Wildman–Crippen LogP) is 6.73. The van der Waals surface area contributed by atoms with Crippen molar-refractivity contribution in [2.75, 3.05) is 6.61 Å². The highest BCUT2D eigenvalue weighted by Gasteiger charge is 2.47. The Morgan fingerprint density at radius 1 is 0.897 bits per heavy atom. The van der Waals surface area contributed by atoms with Crippen molar-refractivity contribution in [3.63, 3.8) is 0 Å². The molecule has 0 bridgehead atoms. The second-order valence-corrected chi connectivity index (χ2v) is 10.6. The van der Waals surface area contributed by atoms with Gasteiger partial charge in [-0.25, -0.2) is 0 Å². The van der Waals surface area contributed by atoms with Gasteiger partial charge in [0.2, 0.25) is 0 Å². The minimum Gasteiger partial charge on any atom is -0.465 e. The van der Waals surface area contributed by atoms with E-state index >= 15 is 0 Å². The molecule has 0 saturated heterocycles. The largest absolute Gasteiger partial charge is 0.465 e. The van der Waals surface area contributed by atoms with Crippen LogP contribution in [0.2, 0.25) is 0 Å². The van der Waals surface area contributed by atoms with Crippen molar-refractivity contribution >= 4 is 11.8 Å². The van der Waals surface area contributed by atoms with E-state index in [-0.39, 0.29) is 11.8 Å². The summed E-state index contributed by atoms with van der Waals surface area (Å²) in [5, 5.41) is 0. The van der Waals surface area contributed by atoms with Crippen LogP contribution in [0.4, 0.5) is 0 Å². The number of hydrogen-bond donors (Lipinski definition) is 0. The molecule has 0 amide bonds. The van der Waals surface area contributed by atoms with Crippen LogP contribution in [0, 0.1) is 35.0 Å². The number of ether oxygens (including phenoxy) is 1. The van der Waals surface area contributed by atoms with Gasteiger partial charge in [0.15, 0.2) is 0 Å². The molecule has 0 unspecified atom stereocenters. The molecule has 3 saturated carbocycles. The Balaban J connectivity index is 1.44. The fraction of sp³-hybridized carbons (Fsp3) is 0.923. The summed E-state index contributed by atoms with van der Waals surface area (Å²) in [6.07, 6.45) is 16.7. The van der Waals surface area contributed by atoms with Crippen molar-refractivity contribution in [1.29, 1.82) is 0 Å². The number of esters is 1. The van der Waals surface area contributed by atoms with Crippen molar-refractivity contribution in [1.82, 2.24) is 0 Å².